The fourth-order valence-electron chi connectivity index (χ4n) is 3.33. The topological polar surface area (TPSA) is 84.3 Å². The number of nitrogens with one attached hydrogen (secondary N) is 1. The van der Waals surface area contributed by atoms with Crippen LogP contribution in [0.2, 0.25) is 0 Å². The summed E-state index contributed by atoms with van der Waals surface area (Å²) in [6.45, 7) is 13.1. The van der Waals surface area contributed by atoms with Crippen LogP contribution in [0.5, 0.6) is 0 Å². The third-order valence-electron chi connectivity index (χ3n) is 4.71. The Morgan fingerprint density at radius 1 is 1.23 bits per heavy atom. The number of hydrogen-bond acceptors (Lipinski definition) is 4. The number of aromatic nitrogens is 2. The molecule has 0 radical (unpaired) electrons. The standard InChI is InChI=1S/C22H34N4O3S/c1-7-23-21(27)25(17(4)5)14-20-12-24-22(26(20)13-16(2)3)30(28,29)15-19-10-8-9-18(6)11-19/h8-12,16-17H,7,13-15H2,1-6H3,(H,23,27). The Labute approximate surface area is 180 Å². The molecule has 0 saturated carbocycles. The van der Waals surface area contributed by atoms with Gasteiger partial charge in [0.1, 0.15) is 0 Å². The van der Waals surface area contributed by atoms with Crippen LogP contribution >= 0.6 is 0 Å². The molecule has 8 heteroatoms. The first-order valence-corrected chi connectivity index (χ1v) is 12.1. The summed E-state index contributed by atoms with van der Waals surface area (Å²) in [6, 6.07) is 7.29. The molecule has 2 amide bonds. The molecule has 0 bridgehead atoms. The molecule has 0 saturated heterocycles. The number of urea groups is 1. The first kappa shape index (κ1) is 23.9. The maximum absolute atomic E-state index is 13.2. The van der Waals surface area contributed by atoms with Gasteiger partial charge in [-0.1, -0.05) is 43.7 Å². The van der Waals surface area contributed by atoms with E-state index in [9.17, 15) is 13.2 Å². The Balaban J connectivity index is 2.41. The summed E-state index contributed by atoms with van der Waals surface area (Å²) in [5, 5.41) is 2.88. The van der Waals surface area contributed by atoms with Crippen molar-refractivity contribution in [3.05, 3.63) is 47.3 Å². The minimum absolute atomic E-state index is 0.0358. The van der Waals surface area contributed by atoms with Crippen molar-refractivity contribution in [1.82, 2.24) is 19.8 Å². The van der Waals surface area contributed by atoms with E-state index in [0.29, 0.717) is 25.3 Å². The van der Waals surface area contributed by atoms with Crippen molar-refractivity contribution in [3.63, 3.8) is 0 Å². The lowest BCUT2D eigenvalue weighted by molar-refractivity contribution is 0.178. The van der Waals surface area contributed by atoms with Crippen molar-refractivity contribution >= 4 is 15.9 Å². The quantitative estimate of drug-likeness (QED) is 0.651. The molecule has 0 atom stereocenters. The molecular weight excluding hydrogens is 400 g/mol. The average molecular weight is 435 g/mol. The largest absolute Gasteiger partial charge is 0.338 e. The summed E-state index contributed by atoms with van der Waals surface area (Å²) in [5.41, 5.74) is 2.47. The Morgan fingerprint density at radius 3 is 2.50 bits per heavy atom. The summed E-state index contributed by atoms with van der Waals surface area (Å²) >= 11 is 0. The van der Waals surface area contributed by atoms with Crippen LogP contribution < -0.4 is 5.32 Å². The highest BCUT2D eigenvalue weighted by Crippen LogP contribution is 2.21. The summed E-state index contributed by atoms with van der Waals surface area (Å²) in [7, 11) is -3.64. The molecule has 0 aliphatic rings. The molecule has 0 aliphatic carbocycles. The number of imidazole rings is 1. The van der Waals surface area contributed by atoms with Gasteiger partial charge in [0.05, 0.1) is 24.2 Å². The van der Waals surface area contributed by atoms with Crippen LogP contribution in [0.25, 0.3) is 0 Å². The van der Waals surface area contributed by atoms with Crippen molar-refractivity contribution in [1.29, 1.82) is 0 Å². The highest BCUT2D eigenvalue weighted by atomic mass is 32.2. The number of carbonyl (C=O) groups excluding carboxylic acids is 1. The number of benzene rings is 1. The van der Waals surface area contributed by atoms with Crippen molar-refractivity contribution in [2.24, 2.45) is 5.92 Å². The first-order valence-electron chi connectivity index (χ1n) is 10.4. The minimum atomic E-state index is -3.64. The number of sulfone groups is 1. The van der Waals surface area contributed by atoms with E-state index < -0.39 is 9.84 Å². The smallest absolute Gasteiger partial charge is 0.317 e. The highest BCUT2D eigenvalue weighted by Gasteiger charge is 2.26. The van der Waals surface area contributed by atoms with Crippen molar-refractivity contribution < 1.29 is 13.2 Å². The van der Waals surface area contributed by atoms with Crippen LogP contribution in [0.1, 0.15) is 51.4 Å². The summed E-state index contributed by atoms with van der Waals surface area (Å²) in [5.74, 6) is 0.121. The SMILES string of the molecule is CCNC(=O)N(Cc1cnc(S(=O)(=O)Cc2cccc(C)c2)n1CC(C)C)C(C)C. The lowest BCUT2D eigenvalue weighted by Crippen LogP contribution is -2.43. The Hall–Kier alpha value is -2.35. The molecule has 2 rings (SSSR count). The molecule has 0 spiro atoms. The maximum atomic E-state index is 13.2. The Bertz CT molecular complexity index is 965. The second-order valence-corrected chi connectivity index (χ2v) is 10.2. The fourth-order valence-corrected chi connectivity index (χ4v) is 4.82. The van der Waals surface area contributed by atoms with Crippen LogP contribution in [0.15, 0.2) is 35.6 Å². The predicted octanol–water partition coefficient (Wildman–Crippen LogP) is 3.76. The van der Waals surface area contributed by atoms with E-state index >= 15 is 0 Å². The van der Waals surface area contributed by atoms with Gasteiger partial charge in [-0.05, 0) is 39.2 Å². The summed E-state index contributed by atoms with van der Waals surface area (Å²) in [4.78, 5) is 18.4. The van der Waals surface area contributed by atoms with Crippen LogP contribution in [-0.2, 0) is 28.7 Å². The van der Waals surface area contributed by atoms with Crippen molar-refractivity contribution in [3.8, 4) is 0 Å². The zero-order valence-electron chi connectivity index (χ0n) is 18.8. The third kappa shape index (κ3) is 6.08. The van der Waals surface area contributed by atoms with Crippen LogP contribution in [0, 0.1) is 12.8 Å². The molecule has 0 aliphatic heterocycles. The lowest BCUT2D eigenvalue weighted by Gasteiger charge is -2.27. The second kappa shape index (κ2) is 10.1. The number of nitrogens with zero attached hydrogens (tertiary/aromatic N) is 3. The highest BCUT2D eigenvalue weighted by molar-refractivity contribution is 7.90. The van der Waals surface area contributed by atoms with Crippen molar-refractivity contribution in [2.45, 2.75) is 71.6 Å². The zero-order chi connectivity index (χ0) is 22.5. The van der Waals surface area contributed by atoms with Gasteiger partial charge in [-0.3, -0.25) is 0 Å². The van der Waals surface area contributed by atoms with Crippen LogP contribution in [0.3, 0.4) is 0 Å². The number of amides is 2. The molecule has 30 heavy (non-hydrogen) atoms. The van der Waals surface area contributed by atoms with Crippen molar-refractivity contribution in [2.75, 3.05) is 6.54 Å². The molecular formula is C22H34N4O3S. The van der Waals surface area contributed by atoms with E-state index in [1.54, 1.807) is 15.7 Å². The number of carbonyl (C=O) groups is 1. The van der Waals surface area contributed by atoms with E-state index in [1.807, 2.05) is 65.8 Å². The molecule has 1 N–H and O–H groups in total. The predicted molar refractivity (Wildman–Crippen MR) is 119 cm³/mol. The molecule has 0 unspecified atom stereocenters. The Kier molecular flexibility index (Phi) is 8.06. The number of aryl methyl sites for hydroxylation is 1. The van der Waals surface area contributed by atoms with Gasteiger partial charge >= 0.3 is 6.03 Å². The van der Waals surface area contributed by atoms with Gasteiger partial charge in [0, 0.05) is 19.1 Å². The second-order valence-electron chi connectivity index (χ2n) is 8.34. The monoisotopic (exact) mass is 434 g/mol. The third-order valence-corrected chi connectivity index (χ3v) is 6.31. The molecule has 7 nitrogen and oxygen atoms in total. The molecule has 1 aromatic heterocycles. The number of rotatable bonds is 9. The molecule has 166 valence electrons. The van der Waals surface area contributed by atoms with E-state index in [-0.39, 0.29) is 28.9 Å². The first-order chi connectivity index (χ1) is 14.0. The Morgan fingerprint density at radius 2 is 1.93 bits per heavy atom. The van der Waals surface area contributed by atoms with Gasteiger partial charge in [-0.15, -0.1) is 0 Å². The maximum Gasteiger partial charge on any atom is 0.317 e. The fraction of sp³-hybridized carbons (Fsp3) is 0.545. The molecule has 1 aromatic carbocycles. The zero-order valence-corrected chi connectivity index (χ0v) is 19.7. The summed E-state index contributed by atoms with van der Waals surface area (Å²) < 4.78 is 28.2. The van der Waals surface area contributed by atoms with Gasteiger partial charge in [0.2, 0.25) is 15.0 Å². The number of hydrogen-bond donors (Lipinski definition) is 1. The molecule has 2 aromatic rings. The molecule has 1 heterocycles. The van der Waals surface area contributed by atoms with E-state index in [4.69, 9.17) is 0 Å². The van der Waals surface area contributed by atoms with Crippen LogP contribution in [0.4, 0.5) is 4.79 Å². The van der Waals surface area contributed by atoms with E-state index in [1.165, 1.54) is 0 Å². The molecule has 0 fully saturated rings. The van der Waals surface area contributed by atoms with E-state index in [0.717, 1.165) is 11.1 Å². The van der Waals surface area contributed by atoms with Gasteiger partial charge in [-0.2, -0.15) is 0 Å². The normalized spacial score (nSPS) is 11.9. The summed E-state index contributed by atoms with van der Waals surface area (Å²) in [6.07, 6.45) is 1.58. The minimum Gasteiger partial charge on any atom is -0.338 e. The van der Waals surface area contributed by atoms with Crippen LogP contribution in [-0.4, -0.2) is 41.5 Å². The van der Waals surface area contributed by atoms with Gasteiger partial charge in [0.25, 0.3) is 0 Å². The van der Waals surface area contributed by atoms with Gasteiger partial charge in [0.15, 0.2) is 0 Å². The van der Waals surface area contributed by atoms with E-state index in [2.05, 4.69) is 10.3 Å². The lowest BCUT2D eigenvalue weighted by atomic mass is 10.2. The average Bonchev–Trinajstić information content (AvgIpc) is 3.01. The van der Waals surface area contributed by atoms with Gasteiger partial charge in [-0.25, -0.2) is 18.2 Å². The van der Waals surface area contributed by atoms with Gasteiger partial charge < -0.3 is 14.8 Å².